The van der Waals surface area contributed by atoms with Crippen LogP contribution in [0.25, 0.3) is 11.0 Å². The molecule has 0 radical (unpaired) electrons. The number of aryl methyl sites for hydroxylation is 1. The van der Waals surface area contributed by atoms with E-state index in [9.17, 15) is 4.79 Å². The number of amides is 1. The fourth-order valence-corrected chi connectivity index (χ4v) is 4.31. The molecule has 0 bridgehead atoms. The first-order valence-corrected chi connectivity index (χ1v) is 11.1. The summed E-state index contributed by atoms with van der Waals surface area (Å²) in [4.78, 5) is 24.5. The largest absolute Gasteiger partial charge is 0.493 e. The van der Waals surface area contributed by atoms with Crippen LogP contribution in [-0.2, 0) is 0 Å². The first-order valence-electron chi connectivity index (χ1n) is 11.1. The first-order chi connectivity index (χ1) is 15.9. The fraction of sp³-hybridized carbons (Fsp3) is 0.400. The van der Waals surface area contributed by atoms with Crippen molar-refractivity contribution in [2.75, 3.05) is 39.7 Å². The number of hydrogen-bond acceptors (Lipinski definition) is 7. The molecule has 0 aliphatic carbocycles. The lowest BCUT2D eigenvalue weighted by molar-refractivity contribution is 0.0684. The van der Waals surface area contributed by atoms with Crippen LogP contribution < -0.4 is 19.5 Å². The van der Waals surface area contributed by atoms with E-state index >= 15 is 0 Å². The number of nitrogens with zero attached hydrogens (tertiary/aromatic N) is 3. The average molecular weight is 487 g/mol. The number of carbonyl (C=O) groups excluding carboxylic acids is 1. The monoisotopic (exact) mass is 486 g/mol. The van der Waals surface area contributed by atoms with Gasteiger partial charge in [0.15, 0.2) is 17.1 Å². The summed E-state index contributed by atoms with van der Waals surface area (Å²) in [5.41, 5.74) is 3.30. The summed E-state index contributed by atoms with van der Waals surface area (Å²) in [7, 11) is 4.71. The molecule has 2 aromatic heterocycles. The highest BCUT2D eigenvalue weighted by Crippen LogP contribution is 2.41. The second kappa shape index (κ2) is 10.8. The molecule has 0 saturated carbocycles. The maximum atomic E-state index is 13.6. The third-order valence-corrected chi connectivity index (χ3v) is 5.98. The molecule has 8 nitrogen and oxygen atoms in total. The zero-order valence-electron chi connectivity index (χ0n) is 20.2. The van der Waals surface area contributed by atoms with Gasteiger partial charge < -0.3 is 24.4 Å². The fourth-order valence-electron chi connectivity index (χ4n) is 4.31. The number of anilines is 2. The number of fused-ring (bicyclic) bond motifs is 1. The Morgan fingerprint density at radius 2 is 1.82 bits per heavy atom. The van der Waals surface area contributed by atoms with Crippen molar-refractivity contribution in [3.05, 3.63) is 41.7 Å². The molecule has 9 heteroatoms. The number of likely N-dealkylation sites (tertiary alicyclic amines) is 1. The lowest BCUT2D eigenvalue weighted by atomic mass is 9.99. The number of ether oxygens (including phenoxy) is 3. The molecule has 1 fully saturated rings. The predicted octanol–water partition coefficient (Wildman–Crippen LogP) is 5.00. The summed E-state index contributed by atoms with van der Waals surface area (Å²) in [5, 5.41) is 4.19. The van der Waals surface area contributed by atoms with Gasteiger partial charge in [-0.1, -0.05) is 6.92 Å². The van der Waals surface area contributed by atoms with E-state index in [0.29, 0.717) is 45.8 Å². The number of hydrogen-bond donors (Lipinski definition) is 1. The zero-order valence-corrected chi connectivity index (χ0v) is 21.0. The van der Waals surface area contributed by atoms with Crippen LogP contribution in [0.3, 0.4) is 0 Å². The second-order valence-corrected chi connectivity index (χ2v) is 8.41. The van der Waals surface area contributed by atoms with Gasteiger partial charge in [-0.25, -0.2) is 9.97 Å². The third-order valence-electron chi connectivity index (χ3n) is 5.98. The van der Waals surface area contributed by atoms with Gasteiger partial charge in [-0.3, -0.25) is 4.79 Å². The maximum absolute atomic E-state index is 13.6. The first kappa shape index (κ1) is 25.4. The van der Waals surface area contributed by atoms with E-state index < -0.39 is 0 Å². The minimum Gasteiger partial charge on any atom is -0.493 e. The Kier molecular flexibility index (Phi) is 8.04. The molecule has 3 aromatic rings. The summed E-state index contributed by atoms with van der Waals surface area (Å²) >= 11 is 0. The van der Waals surface area contributed by atoms with E-state index in [0.717, 1.165) is 37.0 Å². The number of piperidine rings is 1. The highest BCUT2D eigenvalue weighted by molar-refractivity contribution is 6.07. The summed E-state index contributed by atoms with van der Waals surface area (Å²) in [6, 6.07) is 7.49. The van der Waals surface area contributed by atoms with Crippen LogP contribution in [-0.4, -0.2) is 55.2 Å². The summed E-state index contributed by atoms with van der Waals surface area (Å²) < 4.78 is 16.4. The molecule has 1 aromatic carbocycles. The molecular formula is C25H31ClN4O4. The van der Waals surface area contributed by atoms with Gasteiger partial charge in [0.05, 0.1) is 32.6 Å². The van der Waals surface area contributed by atoms with Crippen molar-refractivity contribution in [2.45, 2.75) is 26.7 Å². The van der Waals surface area contributed by atoms with Gasteiger partial charge in [0, 0.05) is 48.2 Å². The van der Waals surface area contributed by atoms with Crippen LogP contribution in [0.2, 0.25) is 0 Å². The molecule has 1 aliphatic heterocycles. The van der Waals surface area contributed by atoms with E-state index in [-0.39, 0.29) is 18.3 Å². The van der Waals surface area contributed by atoms with Crippen molar-refractivity contribution in [3.8, 4) is 17.2 Å². The molecule has 0 spiro atoms. The molecule has 182 valence electrons. The lowest BCUT2D eigenvalue weighted by Crippen LogP contribution is -2.39. The Morgan fingerprint density at radius 1 is 1.12 bits per heavy atom. The smallest absolute Gasteiger partial charge is 0.257 e. The van der Waals surface area contributed by atoms with Gasteiger partial charge >= 0.3 is 0 Å². The Bertz CT molecular complexity index is 1160. The van der Waals surface area contributed by atoms with Crippen molar-refractivity contribution >= 4 is 40.7 Å². The second-order valence-electron chi connectivity index (χ2n) is 8.41. The number of benzene rings is 1. The van der Waals surface area contributed by atoms with Crippen LogP contribution in [0.1, 0.15) is 35.8 Å². The van der Waals surface area contributed by atoms with Crippen molar-refractivity contribution in [3.63, 3.8) is 0 Å². The number of rotatable bonds is 6. The normalized spacial score (nSPS) is 15.4. The number of pyridine rings is 2. The van der Waals surface area contributed by atoms with Crippen LogP contribution in [0, 0.1) is 12.8 Å². The van der Waals surface area contributed by atoms with Crippen LogP contribution in [0.4, 0.5) is 11.4 Å². The highest BCUT2D eigenvalue weighted by Gasteiger charge is 2.26. The summed E-state index contributed by atoms with van der Waals surface area (Å²) in [6.07, 6.45) is 3.76. The molecule has 1 atom stereocenters. The van der Waals surface area contributed by atoms with Gasteiger partial charge in [0.25, 0.3) is 5.91 Å². The molecule has 1 amide bonds. The Balaban J connectivity index is 0.00000324. The topological polar surface area (TPSA) is 85.8 Å². The number of nitrogens with one attached hydrogen (secondary N) is 1. The van der Waals surface area contributed by atoms with Crippen molar-refractivity contribution in [1.29, 1.82) is 0 Å². The molecule has 3 heterocycles. The molecule has 4 rings (SSSR count). The highest BCUT2D eigenvalue weighted by atomic mass is 35.5. The van der Waals surface area contributed by atoms with E-state index in [2.05, 4.69) is 22.2 Å². The SMILES string of the molecule is COc1cc(Nc2c(C(=O)N3CCCC(C)C3)cnc3nc(C)ccc23)cc(OC)c1OC.Cl. The van der Waals surface area contributed by atoms with Crippen LogP contribution in [0.15, 0.2) is 30.5 Å². The van der Waals surface area contributed by atoms with E-state index in [1.54, 1.807) is 27.5 Å². The zero-order chi connectivity index (χ0) is 23.5. The van der Waals surface area contributed by atoms with E-state index in [1.807, 2.05) is 36.1 Å². The van der Waals surface area contributed by atoms with Crippen molar-refractivity contribution in [2.24, 2.45) is 5.92 Å². The minimum atomic E-state index is -0.0357. The van der Waals surface area contributed by atoms with Crippen molar-refractivity contribution < 1.29 is 19.0 Å². The summed E-state index contributed by atoms with van der Waals surface area (Å²) in [5.74, 6) is 1.98. The van der Waals surface area contributed by atoms with E-state index in [4.69, 9.17) is 14.2 Å². The molecule has 1 N–H and O–H groups in total. The van der Waals surface area contributed by atoms with Crippen LogP contribution >= 0.6 is 12.4 Å². The Hall–Kier alpha value is -3.26. The van der Waals surface area contributed by atoms with E-state index in [1.165, 1.54) is 0 Å². The molecule has 1 unspecified atom stereocenters. The minimum absolute atomic E-state index is 0. The van der Waals surface area contributed by atoms with Gasteiger partial charge in [-0.15, -0.1) is 12.4 Å². The quantitative estimate of drug-likeness (QED) is 0.524. The standard InChI is InChI=1S/C25H30N4O4.ClH/c1-15-7-6-10-29(14-15)25(30)19-13-26-24-18(9-8-16(2)27-24)22(19)28-17-11-20(31-3)23(33-5)21(12-17)32-4;/h8-9,11-13,15H,6-7,10,14H2,1-5H3,(H,26,27,28);1H. The maximum Gasteiger partial charge on any atom is 0.257 e. The number of methoxy groups -OCH3 is 3. The summed E-state index contributed by atoms with van der Waals surface area (Å²) in [6.45, 7) is 5.59. The van der Waals surface area contributed by atoms with Gasteiger partial charge in [0.1, 0.15) is 0 Å². The van der Waals surface area contributed by atoms with Gasteiger partial charge in [0.2, 0.25) is 5.75 Å². The average Bonchev–Trinajstić information content (AvgIpc) is 2.82. The molecule has 1 aliphatic rings. The molecular weight excluding hydrogens is 456 g/mol. The third kappa shape index (κ3) is 4.97. The Morgan fingerprint density at radius 3 is 2.44 bits per heavy atom. The Labute approximate surface area is 206 Å². The van der Waals surface area contributed by atoms with Gasteiger partial charge in [-0.2, -0.15) is 0 Å². The van der Waals surface area contributed by atoms with Gasteiger partial charge in [-0.05, 0) is 37.8 Å². The molecule has 1 saturated heterocycles. The number of aromatic nitrogens is 2. The predicted molar refractivity (Wildman–Crippen MR) is 135 cm³/mol. The van der Waals surface area contributed by atoms with Crippen molar-refractivity contribution in [1.82, 2.24) is 14.9 Å². The molecule has 34 heavy (non-hydrogen) atoms. The number of carbonyl (C=O) groups is 1. The number of halogens is 1. The lowest BCUT2D eigenvalue weighted by Gasteiger charge is -2.31. The van der Waals surface area contributed by atoms with Crippen LogP contribution in [0.5, 0.6) is 17.2 Å².